The van der Waals surface area contributed by atoms with E-state index in [4.69, 9.17) is 9.47 Å². The van der Waals surface area contributed by atoms with Gasteiger partial charge in [-0.3, -0.25) is 9.59 Å². The minimum Gasteiger partial charge on any atom is -0.454 e. The minimum atomic E-state index is -1.33. The van der Waals surface area contributed by atoms with Gasteiger partial charge in [-0.1, -0.05) is 24.3 Å². The highest BCUT2D eigenvalue weighted by Crippen LogP contribution is 2.49. The SMILES string of the molecule is CC(=O)C1=C(Nc2ccccc2)C[C@@](C)(O)[C@H](C(C)=O)[C@H]1c1ccc2c(c1)OCO2. The molecule has 0 saturated heterocycles. The fourth-order valence-electron chi connectivity index (χ4n) is 4.65. The highest BCUT2D eigenvalue weighted by Gasteiger charge is 2.49. The van der Waals surface area contributed by atoms with Gasteiger partial charge in [0.2, 0.25) is 6.79 Å². The summed E-state index contributed by atoms with van der Waals surface area (Å²) in [5.74, 6) is -0.488. The Bertz CT molecular complexity index is 1030. The molecule has 0 radical (unpaired) electrons. The molecule has 0 aromatic heterocycles. The highest BCUT2D eigenvalue weighted by atomic mass is 16.7. The first kappa shape index (κ1) is 20.2. The third kappa shape index (κ3) is 3.59. The van der Waals surface area contributed by atoms with Gasteiger partial charge in [0.25, 0.3) is 0 Å². The molecule has 0 spiro atoms. The van der Waals surface area contributed by atoms with Gasteiger partial charge in [-0.15, -0.1) is 0 Å². The normalized spacial score (nSPS) is 25.2. The number of ether oxygens (including phenoxy) is 2. The summed E-state index contributed by atoms with van der Waals surface area (Å²) in [4.78, 5) is 25.5. The number of fused-ring (bicyclic) bond motifs is 1. The standard InChI is InChI=1S/C24H25NO5/c1-14(26)21-18(25-17-7-5-4-6-8-17)12-24(3,28)23(15(2)27)22(21)16-9-10-19-20(11-16)30-13-29-19/h4-11,22-23,25,28H,12-13H2,1-3H3/t22-,23+,24+/m0/s1. The Labute approximate surface area is 175 Å². The van der Waals surface area contributed by atoms with Crippen molar-refractivity contribution in [2.24, 2.45) is 5.92 Å². The van der Waals surface area contributed by atoms with E-state index in [9.17, 15) is 14.7 Å². The van der Waals surface area contributed by atoms with Gasteiger partial charge in [0.15, 0.2) is 17.3 Å². The van der Waals surface area contributed by atoms with E-state index in [0.717, 1.165) is 11.3 Å². The third-order valence-electron chi connectivity index (χ3n) is 5.82. The summed E-state index contributed by atoms with van der Waals surface area (Å²) in [6, 6.07) is 14.9. The molecule has 0 saturated carbocycles. The molecule has 6 heteroatoms. The summed E-state index contributed by atoms with van der Waals surface area (Å²) in [5, 5.41) is 14.6. The summed E-state index contributed by atoms with van der Waals surface area (Å²) in [5.41, 5.74) is 1.34. The van der Waals surface area contributed by atoms with Crippen molar-refractivity contribution < 1.29 is 24.2 Å². The number of anilines is 1. The summed E-state index contributed by atoms with van der Waals surface area (Å²) >= 11 is 0. The fraction of sp³-hybridized carbons (Fsp3) is 0.333. The highest BCUT2D eigenvalue weighted by molar-refractivity contribution is 5.98. The monoisotopic (exact) mass is 407 g/mol. The number of hydrogen-bond donors (Lipinski definition) is 2. The largest absolute Gasteiger partial charge is 0.454 e. The lowest BCUT2D eigenvalue weighted by molar-refractivity contribution is -0.131. The van der Waals surface area contributed by atoms with Crippen molar-refractivity contribution in [3.05, 3.63) is 65.4 Å². The molecule has 2 aromatic rings. The molecular formula is C24H25NO5. The van der Waals surface area contributed by atoms with Crippen LogP contribution >= 0.6 is 0 Å². The van der Waals surface area contributed by atoms with E-state index >= 15 is 0 Å². The van der Waals surface area contributed by atoms with Crippen LogP contribution in [0.15, 0.2) is 59.8 Å². The molecule has 1 aliphatic heterocycles. The number of aliphatic hydroxyl groups is 1. The first-order valence-corrected chi connectivity index (χ1v) is 9.96. The van der Waals surface area contributed by atoms with Crippen molar-refractivity contribution in [3.8, 4) is 11.5 Å². The molecule has 2 aliphatic rings. The average molecular weight is 407 g/mol. The number of hydrogen-bond acceptors (Lipinski definition) is 6. The Kier molecular flexibility index (Phi) is 5.12. The molecule has 0 unspecified atom stereocenters. The second kappa shape index (κ2) is 7.61. The smallest absolute Gasteiger partial charge is 0.231 e. The van der Waals surface area contributed by atoms with Gasteiger partial charge in [0, 0.05) is 29.3 Å². The molecule has 156 valence electrons. The molecule has 30 heavy (non-hydrogen) atoms. The van der Waals surface area contributed by atoms with Crippen LogP contribution in [0, 0.1) is 5.92 Å². The van der Waals surface area contributed by atoms with Crippen molar-refractivity contribution in [3.63, 3.8) is 0 Å². The minimum absolute atomic E-state index is 0.132. The lowest BCUT2D eigenvalue weighted by Crippen LogP contribution is -2.48. The number of Topliss-reactive ketones (excluding diaryl/α,β-unsaturated/α-hetero) is 2. The van der Waals surface area contributed by atoms with Crippen molar-refractivity contribution in [2.75, 3.05) is 12.1 Å². The van der Waals surface area contributed by atoms with Crippen LogP contribution in [0.1, 0.15) is 38.7 Å². The van der Waals surface area contributed by atoms with Crippen LogP contribution in [-0.4, -0.2) is 29.1 Å². The Morgan fingerprint density at radius 1 is 1.07 bits per heavy atom. The number of carbonyl (C=O) groups is 2. The molecule has 6 nitrogen and oxygen atoms in total. The predicted molar refractivity (Wildman–Crippen MR) is 112 cm³/mol. The molecule has 0 amide bonds. The first-order valence-electron chi connectivity index (χ1n) is 9.96. The zero-order valence-electron chi connectivity index (χ0n) is 17.3. The lowest BCUT2D eigenvalue weighted by atomic mass is 9.64. The van der Waals surface area contributed by atoms with Gasteiger partial charge in [-0.25, -0.2) is 0 Å². The molecule has 3 atom stereocenters. The van der Waals surface area contributed by atoms with Gasteiger partial charge in [0.05, 0.1) is 11.5 Å². The number of benzene rings is 2. The Hall–Kier alpha value is -3.12. The van der Waals surface area contributed by atoms with E-state index in [-0.39, 0.29) is 24.8 Å². The summed E-state index contributed by atoms with van der Waals surface area (Å²) in [6.45, 7) is 4.75. The molecule has 0 bridgehead atoms. The maximum Gasteiger partial charge on any atom is 0.231 e. The van der Waals surface area contributed by atoms with Crippen LogP contribution in [0.4, 0.5) is 5.69 Å². The predicted octanol–water partition coefficient (Wildman–Crippen LogP) is 3.81. The van der Waals surface area contributed by atoms with Crippen LogP contribution in [-0.2, 0) is 9.59 Å². The second-order valence-electron chi connectivity index (χ2n) is 8.15. The molecular weight excluding hydrogens is 382 g/mol. The summed E-state index contributed by atoms with van der Waals surface area (Å²) < 4.78 is 10.9. The maximum atomic E-state index is 12.8. The zero-order valence-corrected chi connectivity index (χ0v) is 17.3. The van der Waals surface area contributed by atoms with Crippen molar-refractivity contribution >= 4 is 17.3 Å². The van der Waals surface area contributed by atoms with Gasteiger partial charge in [-0.05, 0) is 50.6 Å². The summed E-state index contributed by atoms with van der Waals surface area (Å²) in [6.07, 6.45) is 0.169. The molecule has 2 N–H and O–H groups in total. The van der Waals surface area contributed by atoms with E-state index < -0.39 is 17.4 Å². The third-order valence-corrected chi connectivity index (χ3v) is 5.82. The van der Waals surface area contributed by atoms with Crippen LogP contribution in [0.3, 0.4) is 0 Å². The Balaban J connectivity index is 1.89. The van der Waals surface area contributed by atoms with Crippen LogP contribution < -0.4 is 14.8 Å². The van der Waals surface area contributed by atoms with E-state index in [2.05, 4.69) is 5.32 Å². The lowest BCUT2D eigenvalue weighted by Gasteiger charge is -2.43. The number of ketones is 2. The quantitative estimate of drug-likeness (QED) is 0.784. The first-order chi connectivity index (χ1) is 14.3. The zero-order chi connectivity index (χ0) is 21.5. The molecule has 4 rings (SSSR count). The molecule has 2 aromatic carbocycles. The van der Waals surface area contributed by atoms with Crippen LogP contribution in [0.5, 0.6) is 11.5 Å². The van der Waals surface area contributed by atoms with Gasteiger partial charge in [0.1, 0.15) is 5.78 Å². The van der Waals surface area contributed by atoms with Crippen LogP contribution in [0.25, 0.3) is 0 Å². The van der Waals surface area contributed by atoms with E-state index in [1.807, 2.05) is 36.4 Å². The number of rotatable bonds is 5. The number of allylic oxidation sites excluding steroid dienone is 1. The number of para-hydroxylation sites is 1. The van der Waals surface area contributed by atoms with E-state index in [1.54, 1.807) is 19.1 Å². The maximum absolute atomic E-state index is 12.8. The summed E-state index contributed by atoms with van der Waals surface area (Å²) in [7, 11) is 0. The van der Waals surface area contributed by atoms with Gasteiger partial charge in [-0.2, -0.15) is 0 Å². The van der Waals surface area contributed by atoms with Crippen molar-refractivity contribution in [1.29, 1.82) is 0 Å². The number of carbonyl (C=O) groups excluding carboxylic acids is 2. The molecule has 1 heterocycles. The van der Waals surface area contributed by atoms with Crippen molar-refractivity contribution in [1.82, 2.24) is 0 Å². The number of nitrogens with one attached hydrogen (secondary N) is 1. The fourth-order valence-corrected chi connectivity index (χ4v) is 4.65. The van der Waals surface area contributed by atoms with Gasteiger partial charge >= 0.3 is 0 Å². The Morgan fingerprint density at radius 3 is 2.43 bits per heavy atom. The average Bonchev–Trinajstić information content (AvgIpc) is 3.14. The molecule has 1 aliphatic carbocycles. The molecule has 0 fully saturated rings. The van der Waals surface area contributed by atoms with Gasteiger partial charge < -0.3 is 19.9 Å². The topological polar surface area (TPSA) is 84.9 Å². The second-order valence-corrected chi connectivity index (χ2v) is 8.15. The van der Waals surface area contributed by atoms with Crippen LogP contribution in [0.2, 0.25) is 0 Å². The van der Waals surface area contributed by atoms with E-state index in [1.165, 1.54) is 13.8 Å². The van der Waals surface area contributed by atoms with E-state index in [0.29, 0.717) is 22.8 Å². The van der Waals surface area contributed by atoms with Crippen molar-refractivity contribution in [2.45, 2.75) is 38.7 Å². The Morgan fingerprint density at radius 2 is 1.77 bits per heavy atom.